The van der Waals surface area contributed by atoms with Crippen molar-refractivity contribution in [3.8, 4) is 0 Å². The normalized spacial score (nSPS) is 19.5. The van der Waals surface area contributed by atoms with Gasteiger partial charge in [0.1, 0.15) is 0 Å². The second-order valence-corrected chi connectivity index (χ2v) is 9.79. The van der Waals surface area contributed by atoms with Gasteiger partial charge in [0.05, 0.1) is 11.6 Å². The molecule has 8 nitrogen and oxygen atoms in total. The van der Waals surface area contributed by atoms with E-state index in [1.165, 1.54) is 11.3 Å². The zero-order chi connectivity index (χ0) is 22.9. The first-order valence-electron chi connectivity index (χ1n) is 11.0. The number of nitrogens with zero attached hydrogens (tertiary/aromatic N) is 5. The van der Waals surface area contributed by atoms with Crippen LogP contribution in [-0.4, -0.2) is 68.6 Å². The maximum atomic E-state index is 13.1. The minimum absolute atomic E-state index is 0.00626. The number of halogens is 1. The summed E-state index contributed by atoms with van der Waals surface area (Å²) >= 11 is 7.67. The predicted molar refractivity (Wildman–Crippen MR) is 126 cm³/mol. The highest BCUT2D eigenvalue weighted by atomic mass is 35.5. The van der Waals surface area contributed by atoms with E-state index >= 15 is 0 Å². The van der Waals surface area contributed by atoms with E-state index in [9.17, 15) is 14.4 Å². The van der Waals surface area contributed by atoms with E-state index in [1.807, 2.05) is 34.5 Å². The van der Waals surface area contributed by atoms with Crippen molar-refractivity contribution in [2.75, 3.05) is 32.7 Å². The third-order valence-electron chi connectivity index (χ3n) is 6.31. The summed E-state index contributed by atoms with van der Waals surface area (Å²) in [5.74, 6) is -0.274. The number of thiazole rings is 1. The molecule has 0 spiro atoms. The molecule has 2 aliphatic rings. The van der Waals surface area contributed by atoms with E-state index in [-0.39, 0.29) is 29.7 Å². The summed E-state index contributed by atoms with van der Waals surface area (Å²) in [7, 11) is 0. The maximum Gasteiger partial charge on any atom is 0.258 e. The summed E-state index contributed by atoms with van der Waals surface area (Å²) in [6.45, 7) is 4.07. The summed E-state index contributed by atoms with van der Waals surface area (Å²) in [4.78, 5) is 48.9. The Morgan fingerprint density at radius 1 is 1.12 bits per heavy atom. The van der Waals surface area contributed by atoms with Crippen molar-refractivity contribution in [1.82, 2.24) is 24.1 Å². The Kier molecular flexibility index (Phi) is 6.18. The first-order valence-corrected chi connectivity index (χ1v) is 12.2. The molecule has 1 atom stereocenters. The highest BCUT2D eigenvalue weighted by Crippen LogP contribution is 2.25. The van der Waals surface area contributed by atoms with Crippen molar-refractivity contribution in [2.45, 2.75) is 19.5 Å². The summed E-state index contributed by atoms with van der Waals surface area (Å²) in [5.41, 5.74) is 1.57. The van der Waals surface area contributed by atoms with Crippen molar-refractivity contribution in [3.63, 3.8) is 0 Å². The fourth-order valence-electron chi connectivity index (χ4n) is 4.51. The molecule has 2 amide bonds. The monoisotopic (exact) mass is 485 g/mol. The van der Waals surface area contributed by atoms with Crippen molar-refractivity contribution < 1.29 is 9.59 Å². The number of amides is 2. The van der Waals surface area contributed by atoms with Crippen LogP contribution in [0.1, 0.15) is 17.7 Å². The lowest BCUT2D eigenvalue weighted by Gasteiger charge is -2.35. The van der Waals surface area contributed by atoms with Gasteiger partial charge in [0, 0.05) is 74.9 Å². The van der Waals surface area contributed by atoms with Gasteiger partial charge in [-0.3, -0.25) is 23.7 Å². The largest absolute Gasteiger partial charge is 0.340 e. The van der Waals surface area contributed by atoms with Gasteiger partial charge in [-0.25, -0.2) is 4.98 Å². The van der Waals surface area contributed by atoms with Crippen LogP contribution in [-0.2, 0) is 22.7 Å². The van der Waals surface area contributed by atoms with Crippen molar-refractivity contribution in [3.05, 3.63) is 68.5 Å². The molecule has 4 heterocycles. The number of likely N-dealkylation sites (tertiary alicyclic amines) is 1. The quantitative estimate of drug-likeness (QED) is 0.553. The van der Waals surface area contributed by atoms with E-state index < -0.39 is 0 Å². The number of rotatable bonds is 5. The SMILES string of the molecule is O=C1CC(C(=O)N2CCN(Cc3cc(=O)n4ccsc4n3)CC2)CN1Cc1ccccc1Cl. The van der Waals surface area contributed by atoms with Crippen LogP contribution in [0.15, 0.2) is 46.7 Å². The molecule has 0 radical (unpaired) electrons. The van der Waals surface area contributed by atoms with E-state index in [2.05, 4.69) is 9.88 Å². The molecule has 2 fully saturated rings. The molecule has 10 heteroatoms. The average molecular weight is 486 g/mol. The van der Waals surface area contributed by atoms with Crippen LogP contribution in [0.5, 0.6) is 0 Å². The Labute approximate surface area is 200 Å². The molecule has 1 unspecified atom stereocenters. The molecule has 1 aromatic carbocycles. The molecule has 172 valence electrons. The van der Waals surface area contributed by atoms with Crippen molar-refractivity contribution in [1.29, 1.82) is 0 Å². The number of hydrogen-bond donors (Lipinski definition) is 0. The third kappa shape index (κ3) is 4.66. The lowest BCUT2D eigenvalue weighted by Crippen LogP contribution is -2.50. The fourth-order valence-corrected chi connectivity index (χ4v) is 5.44. The van der Waals surface area contributed by atoms with Gasteiger partial charge in [0.25, 0.3) is 5.56 Å². The number of hydrogen-bond acceptors (Lipinski definition) is 6. The van der Waals surface area contributed by atoms with E-state index in [1.54, 1.807) is 21.6 Å². The molecule has 0 aliphatic carbocycles. The predicted octanol–water partition coefficient (Wildman–Crippen LogP) is 2.10. The van der Waals surface area contributed by atoms with Gasteiger partial charge < -0.3 is 9.80 Å². The Morgan fingerprint density at radius 2 is 1.91 bits per heavy atom. The molecule has 33 heavy (non-hydrogen) atoms. The maximum absolute atomic E-state index is 13.1. The summed E-state index contributed by atoms with van der Waals surface area (Å²) in [6.07, 6.45) is 1.98. The Morgan fingerprint density at radius 3 is 2.70 bits per heavy atom. The van der Waals surface area contributed by atoms with E-state index in [0.717, 1.165) is 11.3 Å². The number of aromatic nitrogens is 2. The Hall–Kier alpha value is -2.75. The highest BCUT2D eigenvalue weighted by molar-refractivity contribution is 7.15. The third-order valence-corrected chi connectivity index (χ3v) is 7.43. The van der Waals surface area contributed by atoms with Gasteiger partial charge in [-0.15, -0.1) is 11.3 Å². The molecule has 2 aromatic heterocycles. The van der Waals surface area contributed by atoms with Gasteiger partial charge in [0.2, 0.25) is 11.8 Å². The Bertz CT molecular complexity index is 1250. The summed E-state index contributed by atoms with van der Waals surface area (Å²) < 4.78 is 1.54. The van der Waals surface area contributed by atoms with Gasteiger partial charge in [0.15, 0.2) is 4.96 Å². The molecule has 0 bridgehead atoms. The van der Waals surface area contributed by atoms with Gasteiger partial charge in [-0.2, -0.15) is 0 Å². The number of piperazine rings is 1. The molecular weight excluding hydrogens is 462 g/mol. The zero-order valence-corrected chi connectivity index (χ0v) is 19.6. The van der Waals surface area contributed by atoms with Crippen molar-refractivity contribution >= 4 is 39.7 Å². The first kappa shape index (κ1) is 22.1. The first-order chi connectivity index (χ1) is 16.0. The van der Waals surface area contributed by atoms with Crippen LogP contribution in [0.3, 0.4) is 0 Å². The van der Waals surface area contributed by atoms with Gasteiger partial charge >= 0.3 is 0 Å². The van der Waals surface area contributed by atoms with Crippen LogP contribution >= 0.6 is 22.9 Å². The summed E-state index contributed by atoms with van der Waals surface area (Å²) in [5, 5.41) is 2.48. The van der Waals surface area contributed by atoms with E-state index in [4.69, 9.17) is 11.6 Å². The standard InChI is InChI=1S/C23H24ClN5O3S/c24-19-4-2-1-3-16(19)13-28-14-17(11-20(28)30)22(32)27-7-5-26(6-8-27)15-18-12-21(31)29-9-10-33-23(29)25-18/h1-4,9-10,12,17H,5-8,11,13-15H2. The van der Waals surface area contributed by atoms with Gasteiger partial charge in [-0.05, 0) is 11.6 Å². The number of carbonyl (C=O) groups excluding carboxylic acids is 2. The molecular formula is C23H24ClN5O3S. The Balaban J connectivity index is 1.15. The van der Waals surface area contributed by atoms with Crippen LogP contribution in [0.25, 0.3) is 4.96 Å². The lowest BCUT2D eigenvalue weighted by atomic mass is 10.1. The van der Waals surface area contributed by atoms with Crippen LogP contribution in [0.2, 0.25) is 5.02 Å². The van der Waals surface area contributed by atoms with Crippen LogP contribution < -0.4 is 5.56 Å². The number of fused-ring (bicyclic) bond motifs is 1. The van der Waals surface area contributed by atoms with Crippen LogP contribution in [0.4, 0.5) is 0 Å². The molecule has 3 aromatic rings. The minimum Gasteiger partial charge on any atom is -0.340 e. The summed E-state index contributed by atoms with van der Waals surface area (Å²) in [6, 6.07) is 9.05. The number of benzene rings is 1. The molecule has 0 saturated carbocycles. The second-order valence-electron chi connectivity index (χ2n) is 8.51. The molecule has 2 saturated heterocycles. The average Bonchev–Trinajstić information content (AvgIpc) is 3.42. The minimum atomic E-state index is -0.311. The zero-order valence-electron chi connectivity index (χ0n) is 18.0. The van der Waals surface area contributed by atoms with Gasteiger partial charge in [-0.1, -0.05) is 29.8 Å². The molecule has 5 rings (SSSR count). The second kappa shape index (κ2) is 9.24. The molecule has 0 N–H and O–H groups in total. The van der Waals surface area contributed by atoms with Crippen molar-refractivity contribution in [2.24, 2.45) is 5.92 Å². The number of carbonyl (C=O) groups is 2. The smallest absolute Gasteiger partial charge is 0.258 e. The topological polar surface area (TPSA) is 78.2 Å². The lowest BCUT2D eigenvalue weighted by molar-refractivity contribution is -0.137. The van der Waals surface area contributed by atoms with Crippen LogP contribution in [0, 0.1) is 5.92 Å². The highest BCUT2D eigenvalue weighted by Gasteiger charge is 2.37. The van der Waals surface area contributed by atoms with E-state index in [0.29, 0.717) is 55.8 Å². The molecule has 2 aliphatic heterocycles. The fraction of sp³-hybridized carbons (Fsp3) is 0.391.